The van der Waals surface area contributed by atoms with Crippen LogP contribution < -0.4 is 15.4 Å². The molecule has 2 aromatic rings. The van der Waals surface area contributed by atoms with E-state index in [1.54, 1.807) is 34.0 Å². The first-order chi connectivity index (χ1) is 16.2. The van der Waals surface area contributed by atoms with Crippen LogP contribution in [0.25, 0.3) is 0 Å². The second kappa shape index (κ2) is 11.9. The number of halogens is 1. The molecule has 10 heteroatoms. The number of benzene rings is 1. The van der Waals surface area contributed by atoms with Crippen molar-refractivity contribution in [2.45, 2.75) is 45.6 Å². The highest BCUT2D eigenvalue weighted by Crippen LogP contribution is 2.23. The van der Waals surface area contributed by atoms with Crippen molar-refractivity contribution in [3.63, 3.8) is 0 Å². The standard InChI is InChI=1S/C24H32ClN5O4/c1-16-15-34-21-8-7-19(25)12-20(21)24(33)26-10-4-5-11-30(14-22(31)28-16)23(32)9-6-18-13-27-29(3)17(18)2/h7-8,12-13,16H,4-6,9-11,14-15H2,1-3H3,(H,26,33)(H,28,31)/t16-/m1/s1. The van der Waals surface area contributed by atoms with Gasteiger partial charge in [0.2, 0.25) is 11.8 Å². The van der Waals surface area contributed by atoms with Crippen molar-refractivity contribution in [2.75, 3.05) is 26.2 Å². The van der Waals surface area contributed by atoms with E-state index in [-0.39, 0.29) is 36.9 Å². The van der Waals surface area contributed by atoms with E-state index in [9.17, 15) is 14.4 Å². The Kier molecular flexibility index (Phi) is 8.92. The Hall–Kier alpha value is -3.07. The smallest absolute Gasteiger partial charge is 0.255 e. The second-order valence-electron chi connectivity index (χ2n) is 8.58. The second-order valence-corrected chi connectivity index (χ2v) is 9.01. The van der Waals surface area contributed by atoms with E-state index in [0.29, 0.717) is 55.1 Å². The van der Waals surface area contributed by atoms with Gasteiger partial charge in [-0.1, -0.05) is 11.6 Å². The molecule has 0 aliphatic carbocycles. The van der Waals surface area contributed by atoms with Gasteiger partial charge in [-0.25, -0.2) is 0 Å². The zero-order chi connectivity index (χ0) is 24.7. The number of nitrogens with one attached hydrogen (secondary N) is 2. The molecule has 184 valence electrons. The minimum Gasteiger partial charge on any atom is -0.491 e. The number of ether oxygens (including phenoxy) is 1. The summed E-state index contributed by atoms with van der Waals surface area (Å²) in [6.45, 7) is 4.79. The lowest BCUT2D eigenvalue weighted by molar-refractivity contribution is -0.136. The van der Waals surface area contributed by atoms with Crippen molar-refractivity contribution < 1.29 is 19.1 Å². The highest BCUT2D eigenvalue weighted by Gasteiger charge is 2.20. The van der Waals surface area contributed by atoms with Crippen LogP contribution in [0.15, 0.2) is 24.4 Å². The van der Waals surface area contributed by atoms with Crippen LogP contribution in [0.4, 0.5) is 0 Å². The van der Waals surface area contributed by atoms with Crippen molar-refractivity contribution in [1.29, 1.82) is 0 Å². The first-order valence-electron chi connectivity index (χ1n) is 11.5. The summed E-state index contributed by atoms with van der Waals surface area (Å²) in [6, 6.07) is 4.55. The number of carbonyl (C=O) groups excluding carboxylic acids is 3. The van der Waals surface area contributed by atoms with E-state index in [0.717, 1.165) is 11.3 Å². The van der Waals surface area contributed by atoms with E-state index in [1.807, 2.05) is 20.9 Å². The number of hydrogen-bond donors (Lipinski definition) is 2. The highest BCUT2D eigenvalue weighted by atomic mass is 35.5. The Morgan fingerprint density at radius 3 is 2.82 bits per heavy atom. The quantitative estimate of drug-likeness (QED) is 0.688. The average molecular weight is 490 g/mol. The summed E-state index contributed by atoms with van der Waals surface area (Å²) < 4.78 is 7.58. The fourth-order valence-electron chi connectivity index (χ4n) is 3.76. The predicted molar refractivity (Wildman–Crippen MR) is 129 cm³/mol. The van der Waals surface area contributed by atoms with Gasteiger partial charge in [0.05, 0.1) is 24.3 Å². The Morgan fingerprint density at radius 2 is 2.09 bits per heavy atom. The summed E-state index contributed by atoms with van der Waals surface area (Å²) in [7, 11) is 1.87. The normalized spacial score (nSPS) is 18.1. The Balaban J connectivity index is 1.66. The van der Waals surface area contributed by atoms with Crippen LogP contribution in [0.2, 0.25) is 5.02 Å². The van der Waals surface area contributed by atoms with E-state index < -0.39 is 0 Å². The highest BCUT2D eigenvalue weighted by molar-refractivity contribution is 6.31. The van der Waals surface area contributed by atoms with Gasteiger partial charge in [-0.05, 0) is 56.9 Å². The fraction of sp³-hybridized carbons (Fsp3) is 0.500. The van der Waals surface area contributed by atoms with Crippen LogP contribution in [0.5, 0.6) is 5.75 Å². The molecular formula is C24H32ClN5O4. The third-order valence-electron chi connectivity index (χ3n) is 5.86. The van der Waals surface area contributed by atoms with Gasteiger partial charge in [0, 0.05) is 37.3 Å². The van der Waals surface area contributed by atoms with Gasteiger partial charge in [-0.2, -0.15) is 5.10 Å². The molecule has 3 rings (SSSR count). The molecule has 1 aliphatic heterocycles. The third-order valence-corrected chi connectivity index (χ3v) is 6.09. The molecule has 0 spiro atoms. The Bertz CT molecular complexity index is 1040. The maximum Gasteiger partial charge on any atom is 0.255 e. The van der Waals surface area contributed by atoms with Gasteiger partial charge >= 0.3 is 0 Å². The van der Waals surface area contributed by atoms with Crippen LogP contribution in [-0.2, 0) is 23.1 Å². The molecule has 0 unspecified atom stereocenters. The molecule has 2 N–H and O–H groups in total. The molecule has 34 heavy (non-hydrogen) atoms. The molecule has 0 radical (unpaired) electrons. The molecule has 0 fully saturated rings. The molecule has 2 heterocycles. The number of amides is 3. The zero-order valence-corrected chi connectivity index (χ0v) is 20.7. The maximum absolute atomic E-state index is 13.0. The summed E-state index contributed by atoms with van der Waals surface area (Å²) in [4.78, 5) is 39.9. The monoisotopic (exact) mass is 489 g/mol. The first kappa shape index (κ1) is 25.6. The van der Waals surface area contributed by atoms with Gasteiger partial charge in [-0.3, -0.25) is 19.1 Å². The van der Waals surface area contributed by atoms with Crippen molar-refractivity contribution in [3.05, 3.63) is 46.2 Å². The van der Waals surface area contributed by atoms with Gasteiger partial charge in [0.15, 0.2) is 0 Å². The van der Waals surface area contributed by atoms with Crippen molar-refractivity contribution >= 4 is 29.3 Å². The number of rotatable bonds is 3. The number of fused-ring (bicyclic) bond motifs is 1. The number of aryl methyl sites for hydroxylation is 2. The summed E-state index contributed by atoms with van der Waals surface area (Å²) >= 11 is 6.07. The average Bonchev–Trinajstić information content (AvgIpc) is 3.12. The van der Waals surface area contributed by atoms with Crippen LogP contribution in [-0.4, -0.2) is 64.7 Å². The molecule has 1 aliphatic rings. The molecular weight excluding hydrogens is 458 g/mol. The molecule has 9 nitrogen and oxygen atoms in total. The summed E-state index contributed by atoms with van der Waals surface area (Å²) in [5.74, 6) is -0.204. The van der Waals surface area contributed by atoms with Crippen molar-refractivity contribution in [1.82, 2.24) is 25.3 Å². The van der Waals surface area contributed by atoms with E-state index >= 15 is 0 Å². The molecule has 0 saturated carbocycles. The fourth-order valence-corrected chi connectivity index (χ4v) is 3.93. The van der Waals surface area contributed by atoms with Crippen LogP contribution in [0.1, 0.15) is 47.8 Å². The van der Waals surface area contributed by atoms with Crippen molar-refractivity contribution in [2.24, 2.45) is 7.05 Å². The number of aromatic nitrogens is 2. The molecule has 0 saturated heterocycles. The predicted octanol–water partition coefficient (Wildman–Crippen LogP) is 2.25. The molecule has 1 atom stereocenters. The molecule has 3 amide bonds. The zero-order valence-electron chi connectivity index (χ0n) is 19.9. The van der Waals surface area contributed by atoms with E-state index in [4.69, 9.17) is 16.3 Å². The minimum atomic E-state index is -0.320. The Morgan fingerprint density at radius 1 is 1.29 bits per heavy atom. The van der Waals surface area contributed by atoms with Gasteiger partial charge < -0.3 is 20.3 Å². The molecule has 0 bridgehead atoms. The summed E-state index contributed by atoms with van der Waals surface area (Å²) in [5.41, 5.74) is 2.39. The van der Waals surface area contributed by atoms with Crippen LogP contribution in [0, 0.1) is 6.92 Å². The van der Waals surface area contributed by atoms with Gasteiger partial charge in [0.1, 0.15) is 12.4 Å². The molecule has 1 aromatic heterocycles. The maximum atomic E-state index is 13.0. The number of hydrogen-bond acceptors (Lipinski definition) is 5. The van der Waals surface area contributed by atoms with E-state index in [1.165, 1.54) is 0 Å². The largest absolute Gasteiger partial charge is 0.491 e. The third kappa shape index (κ3) is 6.96. The van der Waals surface area contributed by atoms with Crippen LogP contribution >= 0.6 is 11.6 Å². The first-order valence-corrected chi connectivity index (χ1v) is 11.9. The Labute approximate surface area is 204 Å². The van der Waals surface area contributed by atoms with Gasteiger partial charge in [-0.15, -0.1) is 0 Å². The lowest BCUT2D eigenvalue weighted by Crippen LogP contribution is -2.45. The number of nitrogens with zero attached hydrogens (tertiary/aromatic N) is 3. The number of carbonyl (C=O) groups is 3. The summed E-state index contributed by atoms with van der Waals surface area (Å²) in [6.07, 6.45) is 3.95. The van der Waals surface area contributed by atoms with E-state index in [2.05, 4.69) is 15.7 Å². The van der Waals surface area contributed by atoms with Gasteiger partial charge in [0.25, 0.3) is 5.91 Å². The lowest BCUT2D eigenvalue weighted by atomic mass is 10.1. The van der Waals surface area contributed by atoms with Crippen LogP contribution in [0.3, 0.4) is 0 Å². The topological polar surface area (TPSA) is 106 Å². The van der Waals surface area contributed by atoms with Crippen molar-refractivity contribution in [3.8, 4) is 5.75 Å². The summed E-state index contributed by atoms with van der Waals surface area (Å²) in [5, 5.41) is 10.4. The minimum absolute atomic E-state index is 0.0201. The SMILES string of the molecule is Cc1c(CCC(=O)N2CCCCNC(=O)c3cc(Cl)ccc3OC[C@@H](C)NC(=O)C2)cnn1C. The molecule has 1 aromatic carbocycles. The lowest BCUT2D eigenvalue weighted by Gasteiger charge is -2.23.